The van der Waals surface area contributed by atoms with E-state index in [1.54, 1.807) is 34.6 Å². The van der Waals surface area contributed by atoms with Gasteiger partial charge >= 0.3 is 6.09 Å². The summed E-state index contributed by atoms with van der Waals surface area (Å²) in [6, 6.07) is 12.3. The first-order chi connectivity index (χ1) is 17.4. The van der Waals surface area contributed by atoms with Gasteiger partial charge in [-0.05, 0) is 64.7 Å². The topological polar surface area (TPSA) is 105 Å². The van der Waals surface area contributed by atoms with Gasteiger partial charge in [0.25, 0.3) is 0 Å². The first-order valence-electron chi connectivity index (χ1n) is 12.6. The number of nitrogens with zero attached hydrogens (tertiary/aromatic N) is 2. The van der Waals surface area contributed by atoms with Crippen LogP contribution in [0.4, 0.5) is 20.6 Å². The highest BCUT2D eigenvalue weighted by Crippen LogP contribution is 2.48. The van der Waals surface area contributed by atoms with E-state index in [9.17, 15) is 14.4 Å². The van der Waals surface area contributed by atoms with Gasteiger partial charge in [0, 0.05) is 25.2 Å². The van der Waals surface area contributed by atoms with Crippen LogP contribution in [-0.4, -0.2) is 48.0 Å². The van der Waals surface area contributed by atoms with Crippen LogP contribution in [0.25, 0.3) is 0 Å². The summed E-state index contributed by atoms with van der Waals surface area (Å²) in [4.78, 5) is 42.2. The SMILES string of the molecule is CCN(C(=O)OC(C)(C)C)c1cc(F)cc2c1NC(=O)[C@]2(C)N1CC[C@@H](c2ccccc2)[C@@H](C(N)=O)C1. The zero-order valence-corrected chi connectivity index (χ0v) is 22.0. The maximum absolute atomic E-state index is 15.0. The molecule has 0 bridgehead atoms. The number of anilines is 2. The van der Waals surface area contributed by atoms with Crippen molar-refractivity contribution >= 4 is 29.3 Å². The minimum atomic E-state index is -1.26. The maximum Gasteiger partial charge on any atom is 0.414 e. The number of rotatable bonds is 5. The van der Waals surface area contributed by atoms with Crippen LogP contribution in [0.2, 0.25) is 0 Å². The third kappa shape index (κ3) is 4.92. The molecule has 2 aromatic rings. The van der Waals surface area contributed by atoms with Crippen molar-refractivity contribution in [1.29, 1.82) is 0 Å². The van der Waals surface area contributed by atoms with Crippen LogP contribution in [0, 0.1) is 11.7 Å². The fraction of sp³-hybridized carbons (Fsp3) is 0.464. The van der Waals surface area contributed by atoms with Crippen LogP contribution in [-0.2, 0) is 19.9 Å². The summed E-state index contributed by atoms with van der Waals surface area (Å²) in [6.07, 6.45) is -0.0279. The first kappa shape index (κ1) is 26.6. The van der Waals surface area contributed by atoms with Crippen molar-refractivity contribution in [3.63, 3.8) is 0 Å². The van der Waals surface area contributed by atoms with Gasteiger partial charge in [0.1, 0.15) is 17.0 Å². The van der Waals surface area contributed by atoms with Crippen molar-refractivity contribution in [3.05, 3.63) is 59.4 Å². The van der Waals surface area contributed by atoms with E-state index in [1.807, 2.05) is 35.2 Å². The monoisotopic (exact) mass is 510 g/mol. The number of carbonyl (C=O) groups excluding carboxylic acids is 3. The molecule has 37 heavy (non-hydrogen) atoms. The van der Waals surface area contributed by atoms with E-state index in [-0.39, 0.29) is 30.6 Å². The molecule has 0 radical (unpaired) electrons. The van der Waals surface area contributed by atoms with E-state index in [0.29, 0.717) is 24.2 Å². The van der Waals surface area contributed by atoms with Crippen molar-refractivity contribution in [2.75, 3.05) is 29.9 Å². The Hall–Kier alpha value is -3.46. The molecule has 2 heterocycles. The van der Waals surface area contributed by atoms with Gasteiger partial charge in [0.2, 0.25) is 11.8 Å². The van der Waals surface area contributed by atoms with Crippen LogP contribution in [0.5, 0.6) is 0 Å². The van der Waals surface area contributed by atoms with Crippen molar-refractivity contribution in [2.45, 2.75) is 58.1 Å². The predicted molar refractivity (Wildman–Crippen MR) is 140 cm³/mol. The molecule has 9 heteroatoms. The van der Waals surface area contributed by atoms with Gasteiger partial charge in [-0.25, -0.2) is 9.18 Å². The zero-order valence-electron chi connectivity index (χ0n) is 22.0. The lowest BCUT2D eigenvalue weighted by Crippen LogP contribution is -2.55. The highest BCUT2D eigenvalue weighted by molar-refractivity contribution is 6.10. The largest absolute Gasteiger partial charge is 0.443 e. The Balaban J connectivity index is 1.72. The van der Waals surface area contributed by atoms with Gasteiger partial charge in [0.05, 0.1) is 17.3 Å². The molecule has 0 saturated carbocycles. The van der Waals surface area contributed by atoms with Gasteiger partial charge in [0.15, 0.2) is 0 Å². The molecule has 4 rings (SSSR count). The van der Waals surface area contributed by atoms with E-state index >= 15 is 4.39 Å². The number of ether oxygens (including phenoxy) is 1. The van der Waals surface area contributed by atoms with Gasteiger partial charge in [-0.2, -0.15) is 0 Å². The predicted octanol–water partition coefficient (Wildman–Crippen LogP) is 4.35. The lowest BCUT2D eigenvalue weighted by Gasteiger charge is -2.44. The molecular formula is C28H35FN4O4. The van der Waals surface area contributed by atoms with E-state index in [0.717, 1.165) is 5.56 Å². The quantitative estimate of drug-likeness (QED) is 0.623. The Morgan fingerprint density at radius 3 is 2.51 bits per heavy atom. The number of primary amides is 1. The van der Waals surface area contributed by atoms with Gasteiger partial charge in [-0.1, -0.05) is 30.3 Å². The molecule has 0 aliphatic carbocycles. The standard InChI is InChI=1S/C28H35FN4O4/c1-6-33(26(36)37-27(2,3)4)22-15-18(29)14-21-23(22)31-25(35)28(21,5)32-13-12-19(20(16-32)24(30)34)17-10-8-7-9-11-17/h7-11,14-15,19-20H,6,12-13,16H2,1-5H3,(H2,30,34)(H,31,35)/t19-,20-,28+/m0/s1. The average molecular weight is 511 g/mol. The molecule has 0 aromatic heterocycles. The summed E-state index contributed by atoms with van der Waals surface area (Å²) in [5.74, 6) is -1.97. The van der Waals surface area contributed by atoms with Gasteiger partial charge in [-0.3, -0.25) is 19.4 Å². The average Bonchev–Trinajstić information content (AvgIpc) is 3.09. The minimum absolute atomic E-state index is 0.0756. The van der Waals surface area contributed by atoms with E-state index in [4.69, 9.17) is 10.5 Å². The normalized spacial score (nSPS) is 23.8. The number of halogens is 1. The summed E-state index contributed by atoms with van der Waals surface area (Å²) in [5, 5.41) is 2.89. The second-order valence-corrected chi connectivity index (χ2v) is 10.9. The van der Waals surface area contributed by atoms with Crippen molar-refractivity contribution in [3.8, 4) is 0 Å². The number of carbonyl (C=O) groups is 3. The maximum atomic E-state index is 15.0. The number of nitrogens with one attached hydrogen (secondary N) is 1. The van der Waals surface area contributed by atoms with Crippen LogP contribution < -0.4 is 16.0 Å². The number of hydrogen-bond acceptors (Lipinski definition) is 5. The van der Waals surface area contributed by atoms with E-state index < -0.39 is 34.9 Å². The number of fused-ring (bicyclic) bond motifs is 1. The highest BCUT2D eigenvalue weighted by Gasteiger charge is 2.52. The molecule has 2 aliphatic heterocycles. The molecule has 1 fully saturated rings. The second-order valence-electron chi connectivity index (χ2n) is 10.9. The minimum Gasteiger partial charge on any atom is -0.443 e. The molecule has 8 nitrogen and oxygen atoms in total. The third-order valence-corrected chi connectivity index (χ3v) is 7.35. The smallest absolute Gasteiger partial charge is 0.414 e. The van der Waals surface area contributed by atoms with Crippen molar-refractivity contribution in [2.24, 2.45) is 11.7 Å². The molecule has 3 atom stereocenters. The Kier molecular flexibility index (Phi) is 7.03. The fourth-order valence-corrected chi connectivity index (χ4v) is 5.45. The fourth-order valence-electron chi connectivity index (χ4n) is 5.45. The molecule has 0 spiro atoms. The van der Waals surface area contributed by atoms with E-state index in [1.165, 1.54) is 17.0 Å². The highest BCUT2D eigenvalue weighted by atomic mass is 19.1. The molecule has 3 N–H and O–H groups in total. The summed E-state index contributed by atoms with van der Waals surface area (Å²) < 4.78 is 20.6. The number of benzene rings is 2. The lowest BCUT2D eigenvalue weighted by molar-refractivity contribution is -0.133. The molecule has 0 unspecified atom stereocenters. The molecule has 2 aliphatic rings. The molecular weight excluding hydrogens is 475 g/mol. The van der Waals surface area contributed by atoms with Gasteiger partial charge < -0.3 is 15.8 Å². The van der Waals surface area contributed by atoms with Crippen LogP contribution in [0.3, 0.4) is 0 Å². The van der Waals surface area contributed by atoms with Crippen molar-refractivity contribution < 1.29 is 23.5 Å². The van der Waals surface area contributed by atoms with Crippen LogP contribution in [0.15, 0.2) is 42.5 Å². The first-order valence-corrected chi connectivity index (χ1v) is 12.6. The van der Waals surface area contributed by atoms with Crippen LogP contribution in [0.1, 0.15) is 58.1 Å². The summed E-state index contributed by atoms with van der Waals surface area (Å²) in [7, 11) is 0. The molecule has 198 valence electrons. The summed E-state index contributed by atoms with van der Waals surface area (Å²) in [5.41, 5.74) is 5.87. The Morgan fingerprint density at radius 2 is 1.92 bits per heavy atom. The lowest BCUT2D eigenvalue weighted by atomic mass is 9.77. The molecule has 3 amide bonds. The Morgan fingerprint density at radius 1 is 1.24 bits per heavy atom. The third-order valence-electron chi connectivity index (χ3n) is 7.35. The number of amides is 3. The second kappa shape index (κ2) is 9.78. The number of nitrogens with two attached hydrogens (primary N) is 1. The Bertz CT molecular complexity index is 1210. The summed E-state index contributed by atoms with van der Waals surface area (Å²) in [6.45, 7) is 9.69. The van der Waals surface area contributed by atoms with Gasteiger partial charge in [-0.15, -0.1) is 0 Å². The number of likely N-dealkylation sites (tertiary alicyclic amines) is 1. The van der Waals surface area contributed by atoms with E-state index in [2.05, 4.69) is 5.32 Å². The number of piperidine rings is 1. The Labute approximate surface area is 216 Å². The zero-order chi connectivity index (χ0) is 27.1. The van der Waals surface area contributed by atoms with Crippen LogP contribution >= 0.6 is 0 Å². The number of hydrogen-bond donors (Lipinski definition) is 2. The summed E-state index contributed by atoms with van der Waals surface area (Å²) >= 11 is 0. The van der Waals surface area contributed by atoms with Crippen molar-refractivity contribution in [1.82, 2.24) is 4.90 Å². The molecule has 1 saturated heterocycles. The molecule has 2 aromatic carbocycles.